The van der Waals surface area contributed by atoms with E-state index in [0.717, 1.165) is 62.6 Å². The minimum atomic E-state index is -0.527. The number of aliphatic hydroxyl groups excluding tert-OH is 1. The van der Waals surface area contributed by atoms with E-state index >= 15 is 0 Å². The van der Waals surface area contributed by atoms with Crippen LogP contribution in [0.3, 0.4) is 0 Å². The Morgan fingerprint density at radius 1 is 1.10 bits per heavy atom. The van der Waals surface area contributed by atoms with Gasteiger partial charge in [0.1, 0.15) is 5.82 Å². The highest BCUT2D eigenvalue weighted by atomic mass is 16.3. The lowest BCUT2D eigenvalue weighted by Crippen LogP contribution is -2.47. The number of carbonyl (C=O) groups excluding carboxylic acids is 1. The number of rotatable bonds is 4. The standard InChI is InChI=1S/C25H34N4O2/c1-25(2,3)24(31)29-12-6-7-19-17-20(9-10-21(19)29)22(30)18-27-13-15-28(16-14-27)23-8-4-5-11-26-23/h4-5,8-11,17,22,30H,6-7,12-16,18H2,1-3H3/t22-/m1/s1. The van der Waals surface area contributed by atoms with Gasteiger partial charge in [0.15, 0.2) is 0 Å². The number of fused-ring (bicyclic) bond motifs is 1. The van der Waals surface area contributed by atoms with Gasteiger partial charge in [0, 0.05) is 56.6 Å². The minimum absolute atomic E-state index is 0.160. The van der Waals surface area contributed by atoms with Crippen LogP contribution < -0.4 is 9.80 Å². The molecule has 4 rings (SSSR count). The second kappa shape index (κ2) is 8.97. The summed E-state index contributed by atoms with van der Waals surface area (Å²) in [5.41, 5.74) is 2.71. The summed E-state index contributed by atoms with van der Waals surface area (Å²) >= 11 is 0. The first kappa shape index (κ1) is 21.8. The van der Waals surface area contributed by atoms with Crippen LogP contribution in [0.2, 0.25) is 0 Å². The smallest absolute Gasteiger partial charge is 0.232 e. The van der Waals surface area contributed by atoms with E-state index in [2.05, 4.69) is 20.9 Å². The van der Waals surface area contributed by atoms with E-state index in [-0.39, 0.29) is 5.91 Å². The molecule has 1 aromatic heterocycles. The molecule has 3 heterocycles. The number of pyridine rings is 1. The van der Waals surface area contributed by atoms with E-state index in [4.69, 9.17) is 0 Å². The van der Waals surface area contributed by atoms with Crippen molar-refractivity contribution >= 4 is 17.4 Å². The number of β-amino-alcohol motifs (C(OH)–C–C–N with tert-alkyl or cyclic N) is 1. The average Bonchev–Trinajstić information content (AvgIpc) is 2.78. The van der Waals surface area contributed by atoms with Crippen molar-refractivity contribution < 1.29 is 9.90 Å². The highest BCUT2D eigenvalue weighted by Gasteiger charge is 2.31. The summed E-state index contributed by atoms with van der Waals surface area (Å²) in [4.78, 5) is 23.8. The van der Waals surface area contributed by atoms with Gasteiger partial charge in [0.25, 0.3) is 0 Å². The number of nitrogens with zero attached hydrogens (tertiary/aromatic N) is 4. The summed E-state index contributed by atoms with van der Waals surface area (Å²) in [5.74, 6) is 1.18. The van der Waals surface area contributed by atoms with Crippen molar-refractivity contribution in [3.63, 3.8) is 0 Å². The van der Waals surface area contributed by atoms with Crippen LogP contribution in [0.1, 0.15) is 44.4 Å². The second-order valence-electron chi connectivity index (χ2n) is 9.69. The number of aliphatic hydroxyl groups is 1. The van der Waals surface area contributed by atoms with Crippen molar-refractivity contribution in [2.45, 2.75) is 39.7 Å². The van der Waals surface area contributed by atoms with Crippen molar-refractivity contribution in [2.75, 3.05) is 49.1 Å². The number of aromatic nitrogens is 1. The van der Waals surface area contributed by atoms with Crippen molar-refractivity contribution in [2.24, 2.45) is 5.41 Å². The monoisotopic (exact) mass is 422 g/mol. The molecule has 2 aliphatic heterocycles. The van der Waals surface area contributed by atoms with Crippen LogP contribution in [-0.4, -0.2) is 60.2 Å². The highest BCUT2D eigenvalue weighted by Crippen LogP contribution is 2.33. The third-order valence-electron chi connectivity index (χ3n) is 6.27. The first-order valence-corrected chi connectivity index (χ1v) is 11.3. The summed E-state index contributed by atoms with van der Waals surface area (Å²) in [6.07, 6.45) is 3.22. The van der Waals surface area contributed by atoms with Gasteiger partial charge in [-0.05, 0) is 42.2 Å². The van der Waals surface area contributed by atoms with Crippen LogP contribution in [0, 0.1) is 5.41 Å². The average molecular weight is 423 g/mol. The molecule has 1 fully saturated rings. The van der Waals surface area contributed by atoms with E-state index in [1.165, 1.54) is 5.56 Å². The molecule has 1 aromatic carbocycles. The molecule has 2 aromatic rings. The number of piperazine rings is 1. The summed E-state index contributed by atoms with van der Waals surface area (Å²) in [6, 6.07) is 12.1. The van der Waals surface area contributed by atoms with Gasteiger partial charge < -0.3 is 14.9 Å². The zero-order valence-corrected chi connectivity index (χ0v) is 18.9. The lowest BCUT2D eigenvalue weighted by atomic mass is 9.91. The third-order valence-corrected chi connectivity index (χ3v) is 6.27. The number of aryl methyl sites for hydroxylation is 1. The molecule has 6 heteroatoms. The van der Waals surface area contributed by atoms with E-state index < -0.39 is 11.5 Å². The lowest BCUT2D eigenvalue weighted by molar-refractivity contribution is -0.125. The summed E-state index contributed by atoms with van der Waals surface area (Å²) in [5, 5.41) is 10.9. The Balaban J connectivity index is 1.39. The molecule has 2 aliphatic rings. The Labute approximate surface area is 185 Å². The van der Waals surface area contributed by atoms with Crippen LogP contribution in [0.4, 0.5) is 11.5 Å². The van der Waals surface area contributed by atoms with E-state index in [1.54, 1.807) is 0 Å². The SMILES string of the molecule is CC(C)(C)C(=O)N1CCCc2cc([C@H](O)CN3CCN(c4ccccn4)CC3)ccc21. The number of anilines is 2. The predicted octanol–water partition coefficient (Wildman–Crippen LogP) is 3.26. The molecule has 0 radical (unpaired) electrons. The summed E-state index contributed by atoms with van der Waals surface area (Å²) < 4.78 is 0. The normalized spacial score (nSPS) is 18.6. The maximum Gasteiger partial charge on any atom is 0.232 e. The molecular formula is C25H34N4O2. The maximum atomic E-state index is 12.9. The molecule has 1 atom stereocenters. The predicted molar refractivity (Wildman–Crippen MR) is 124 cm³/mol. The Morgan fingerprint density at radius 2 is 1.87 bits per heavy atom. The number of benzene rings is 1. The number of hydrogen-bond acceptors (Lipinski definition) is 5. The van der Waals surface area contributed by atoms with Crippen LogP contribution in [0.15, 0.2) is 42.6 Å². The van der Waals surface area contributed by atoms with Gasteiger partial charge in [-0.25, -0.2) is 4.98 Å². The fourth-order valence-corrected chi connectivity index (χ4v) is 4.49. The van der Waals surface area contributed by atoms with Crippen LogP contribution in [0.25, 0.3) is 0 Å². The third kappa shape index (κ3) is 4.91. The molecule has 0 aliphatic carbocycles. The molecule has 1 amide bonds. The van der Waals surface area contributed by atoms with Gasteiger partial charge in [-0.15, -0.1) is 0 Å². The van der Waals surface area contributed by atoms with Gasteiger partial charge in [0.2, 0.25) is 5.91 Å². The van der Waals surface area contributed by atoms with Gasteiger partial charge >= 0.3 is 0 Å². The maximum absolute atomic E-state index is 12.9. The second-order valence-corrected chi connectivity index (χ2v) is 9.69. The topological polar surface area (TPSA) is 59.9 Å². The molecule has 6 nitrogen and oxygen atoms in total. The first-order valence-electron chi connectivity index (χ1n) is 11.3. The van der Waals surface area contributed by atoms with Crippen molar-refractivity contribution in [3.05, 3.63) is 53.7 Å². The van der Waals surface area contributed by atoms with Crippen molar-refractivity contribution in [3.8, 4) is 0 Å². The first-order chi connectivity index (χ1) is 14.8. The Bertz CT molecular complexity index is 901. The number of carbonyl (C=O) groups is 1. The molecule has 166 valence electrons. The number of hydrogen-bond donors (Lipinski definition) is 1. The lowest BCUT2D eigenvalue weighted by Gasteiger charge is -2.36. The zero-order chi connectivity index (χ0) is 22.0. The molecule has 1 saturated heterocycles. The van der Waals surface area contributed by atoms with Crippen LogP contribution >= 0.6 is 0 Å². The quantitative estimate of drug-likeness (QED) is 0.820. The Kier molecular flexibility index (Phi) is 6.30. The molecular weight excluding hydrogens is 388 g/mol. The van der Waals surface area contributed by atoms with Gasteiger partial charge in [0.05, 0.1) is 6.10 Å². The summed E-state index contributed by atoms with van der Waals surface area (Å²) in [6.45, 7) is 10.9. The van der Waals surface area contributed by atoms with E-state index in [0.29, 0.717) is 6.54 Å². The van der Waals surface area contributed by atoms with Gasteiger partial charge in [-0.2, -0.15) is 0 Å². The Hall–Kier alpha value is -2.44. The van der Waals surface area contributed by atoms with Gasteiger partial charge in [-0.3, -0.25) is 9.69 Å². The van der Waals surface area contributed by atoms with Crippen molar-refractivity contribution in [1.29, 1.82) is 0 Å². The summed E-state index contributed by atoms with van der Waals surface area (Å²) in [7, 11) is 0. The fourth-order valence-electron chi connectivity index (χ4n) is 4.49. The largest absolute Gasteiger partial charge is 0.387 e. The number of amides is 1. The van der Waals surface area contributed by atoms with E-state index in [1.807, 2.05) is 62.2 Å². The van der Waals surface area contributed by atoms with Gasteiger partial charge in [-0.1, -0.05) is 39.0 Å². The molecule has 1 N–H and O–H groups in total. The highest BCUT2D eigenvalue weighted by molar-refractivity contribution is 5.98. The van der Waals surface area contributed by atoms with Crippen molar-refractivity contribution in [1.82, 2.24) is 9.88 Å². The van der Waals surface area contributed by atoms with Crippen LogP contribution in [0.5, 0.6) is 0 Å². The minimum Gasteiger partial charge on any atom is -0.387 e. The molecule has 0 unspecified atom stereocenters. The molecule has 0 bridgehead atoms. The molecule has 0 saturated carbocycles. The molecule has 0 spiro atoms. The zero-order valence-electron chi connectivity index (χ0n) is 18.9. The van der Waals surface area contributed by atoms with E-state index in [9.17, 15) is 9.90 Å². The van der Waals surface area contributed by atoms with Crippen LogP contribution in [-0.2, 0) is 11.2 Å². The fraction of sp³-hybridized carbons (Fsp3) is 0.520. The Morgan fingerprint density at radius 3 is 2.55 bits per heavy atom. The molecule has 31 heavy (non-hydrogen) atoms.